The molecule has 1 aliphatic heterocycles. The molecule has 0 unspecified atom stereocenters. The van der Waals surface area contributed by atoms with Gasteiger partial charge >= 0.3 is 5.97 Å². The number of esters is 1. The number of amides is 1. The Bertz CT molecular complexity index is 1140. The average Bonchev–Trinajstić information content (AvgIpc) is 2.78. The van der Waals surface area contributed by atoms with Crippen LogP contribution in [0.4, 0.5) is 10.1 Å². The van der Waals surface area contributed by atoms with Gasteiger partial charge < -0.3 is 10.1 Å². The molecule has 1 fully saturated rings. The number of anilines is 1. The summed E-state index contributed by atoms with van der Waals surface area (Å²) in [5.41, 5.74) is 0.581. The molecule has 170 valence electrons. The maximum absolute atomic E-state index is 14.3. The van der Waals surface area contributed by atoms with E-state index in [0.717, 1.165) is 24.6 Å². The second kappa shape index (κ2) is 10.0. The van der Waals surface area contributed by atoms with Crippen LogP contribution >= 0.6 is 0 Å². The maximum Gasteiger partial charge on any atom is 0.338 e. The maximum atomic E-state index is 14.3. The lowest BCUT2D eigenvalue weighted by Gasteiger charge is -2.26. The molecule has 0 bridgehead atoms. The summed E-state index contributed by atoms with van der Waals surface area (Å²) in [5, 5.41) is 2.50. The van der Waals surface area contributed by atoms with E-state index in [0.29, 0.717) is 37.2 Å². The predicted octanol–water partition coefficient (Wildman–Crippen LogP) is 3.00. The van der Waals surface area contributed by atoms with E-state index >= 15 is 0 Å². The van der Waals surface area contributed by atoms with Crippen molar-refractivity contribution in [3.05, 3.63) is 59.4 Å². The number of ketones is 1. The number of ether oxygens (including phenoxy) is 1. The number of piperidine rings is 1. The van der Waals surface area contributed by atoms with Crippen LogP contribution in [0.5, 0.6) is 0 Å². The van der Waals surface area contributed by atoms with Crippen LogP contribution in [0.2, 0.25) is 0 Å². The molecule has 1 amide bonds. The second-order valence-corrected chi connectivity index (χ2v) is 9.28. The molecule has 8 nitrogen and oxygen atoms in total. The molecular formula is C22H23FN2O6S. The van der Waals surface area contributed by atoms with E-state index in [2.05, 4.69) is 5.32 Å². The number of hydrogen-bond donors (Lipinski definition) is 1. The number of carbonyl (C=O) groups excluding carboxylic acids is 3. The predicted molar refractivity (Wildman–Crippen MR) is 114 cm³/mol. The third-order valence-electron chi connectivity index (χ3n) is 4.99. The molecule has 10 heteroatoms. The fourth-order valence-corrected chi connectivity index (χ4v) is 4.91. The number of rotatable bonds is 7. The molecule has 1 heterocycles. The van der Waals surface area contributed by atoms with Gasteiger partial charge in [0.1, 0.15) is 10.7 Å². The van der Waals surface area contributed by atoms with Gasteiger partial charge in [0.25, 0.3) is 5.91 Å². The van der Waals surface area contributed by atoms with Gasteiger partial charge in [0.05, 0.1) is 5.56 Å². The molecule has 0 radical (unpaired) electrons. The molecule has 0 saturated carbocycles. The first-order chi connectivity index (χ1) is 15.2. The average molecular weight is 462 g/mol. The van der Waals surface area contributed by atoms with Gasteiger partial charge in [0.15, 0.2) is 12.4 Å². The molecule has 1 N–H and O–H groups in total. The molecule has 0 aliphatic carbocycles. The lowest BCUT2D eigenvalue weighted by atomic mass is 10.1. The zero-order valence-electron chi connectivity index (χ0n) is 17.5. The number of nitrogens with one attached hydrogen (secondary N) is 1. The monoisotopic (exact) mass is 462 g/mol. The normalized spacial score (nSPS) is 14.6. The summed E-state index contributed by atoms with van der Waals surface area (Å²) in [6, 6.07) is 9.17. The van der Waals surface area contributed by atoms with E-state index in [1.165, 1.54) is 17.3 Å². The number of carbonyl (C=O) groups is 3. The van der Waals surface area contributed by atoms with Gasteiger partial charge in [-0.25, -0.2) is 17.6 Å². The lowest BCUT2D eigenvalue weighted by Crippen LogP contribution is -2.36. The summed E-state index contributed by atoms with van der Waals surface area (Å²) < 4.78 is 46.0. The molecule has 3 rings (SSSR count). The van der Waals surface area contributed by atoms with E-state index in [1.54, 1.807) is 18.2 Å². The number of sulfonamides is 1. The standard InChI is InChI=1S/C22H23FN2O6S/c1-15(26)16-6-5-7-18(12-16)24-21(27)14-31-22(28)17-8-9-19(23)20(13-17)32(29,30)25-10-3-2-4-11-25/h5-9,12-13H,2-4,10-11,14H2,1H3,(H,24,27). The van der Waals surface area contributed by atoms with Crippen molar-refractivity contribution in [2.75, 3.05) is 25.0 Å². The van der Waals surface area contributed by atoms with Crippen LogP contribution in [0.15, 0.2) is 47.4 Å². The van der Waals surface area contributed by atoms with E-state index in [9.17, 15) is 27.2 Å². The van der Waals surface area contributed by atoms with Crippen molar-refractivity contribution in [2.45, 2.75) is 31.1 Å². The quantitative estimate of drug-likeness (QED) is 0.500. The van der Waals surface area contributed by atoms with Gasteiger partial charge in [-0.1, -0.05) is 18.6 Å². The highest BCUT2D eigenvalue weighted by molar-refractivity contribution is 7.89. The van der Waals surface area contributed by atoms with E-state index < -0.39 is 39.2 Å². The summed E-state index contributed by atoms with van der Waals surface area (Å²) >= 11 is 0. The minimum atomic E-state index is -4.09. The highest BCUT2D eigenvalue weighted by Crippen LogP contribution is 2.24. The number of hydrogen-bond acceptors (Lipinski definition) is 6. The van der Waals surface area contributed by atoms with Crippen molar-refractivity contribution in [3.8, 4) is 0 Å². The Morgan fingerprint density at radius 1 is 1.03 bits per heavy atom. The van der Waals surface area contributed by atoms with Crippen LogP contribution in [0.25, 0.3) is 0 Å². The first kappa shape index (κ1) is 23.6. The van der Waals surface area contributed by atoms with Gasteiger partial charge in [-0.2, -0.15) is 4.31 Å². The molecule has 1 aliphatic rings. The summed E-state index contributed by atoms with van der Waals surface area (Å²) in [7, 11) is -4.09. The first-order valence-corrected chi connectivity index (χ1v) is 11.5. The van der Waals surface area contributed by atoms with Crippen molar-refractivity contribution in [2.24, 2.45) is 0 Å². The zero-order chi connectivity index (χ0) is 23.3. The van der Waals surface area contributed by atoms with Crippen molar-refractivity contribution in [1.82, 2.24) is 4.31 Å². The van der Waals surface area contributed by atoms with E-state index in [1.807, 2.05) is 0 Å². The molecule has 1 saturated heterocycles. The molecule has 2 aromatic carbocycles. The summed E-state index contributed by atoms with van der Waals surface area (Å²) in [6.07, 6.45) is 2.28. The largest absolute Gasteiger partial charge is 0.452 e. The fraction of sp³-hybridized carbons (Fsp3) is 0.318. The van der Waals surface area contributed by atoms with Crippen LogP contribution < -0.4 is 5.32 Å². The van der Waals surface area contributed by atoms with E-state index in [4.69, 9.17) is 4.74 Å². The Labute approximate surface area is 185 Å². The van der Waals surface area contributed by atoms with Gasteiger partial charge in [-0.3, -0.25) is 9.59 Å². The summed E-state index contributed by atoms with van der Waals surface area (Å²) in [5.74, 6) is -2.75. The van der Waals surface area contributed by atoms with Gasteiger partial charge in [0.2, 0.25) is 10.0 Å². The molecule has 0 aromatic heterocycles. The van der Waals surface area contributed by atoms with Gasteiger partial charge in [-0.15, -0.1) is 0 Å². The van der Waals surface area contributed by atoms with Crippen LogP contribution in [0.1, 0.15) is 46.9 Å². The smallest absolute Gasteiger partial charge is 0.338 e. The number of benzene rings is 2. The Kier molecular flexibility index (Phi) is 7.37. The van der Waals surface area contributed by atoms with Crippen LogP contribution in [-0.2, 0) is 19.6 Å². The Hall–Kier alpha value is -3.11. The summed E-state index contributed by atoms with van der Waals surface area (Å²) in [4.78, 5) is 35.2. The molecule has 32 heavy (non-hydrogen) atoms. The van der Waals surface area contributed by atoms with Crippen LogP contribution in [0.3, 0.4) is 0 Å². The molecule has 2 aromatic rings. The van der Waals surface area contributed by atoms with Crippen molar-refractivity contribution < 1.29 is 31.9 Å². The first-order valence-electron chi connectivity index (χ1n) is 10.1. The Morgan fingerprint density at radius 3 is 2.44 bits per heavy atom. The van der Waals surface area contributed by atoms with E-state index in [-0.39, 0.29) is 11.3 Å². The van der Waals surface area contributed by atoms with Crippen molar-refractivity contribution >= 4 is 33.4 Å². The zero-order valence-corrected chi connectivity index (χ0v) is 18.3. The van der Waals surface area contributed by atoms with Crippen molar-refractivity contribution in [3.63, 3.8) is 0 Å². The van der Waals surface area contributed by atoms with Gasteiger partial charge in [-0.05, 0) is 50.1 Å². The fourth-order valence-electron chi connectivity index (χ4n) is 3.30. The highest BCUT2D eigenvalue weighted by atomic mass is 32.2. The third kappa shape index (κ3) is 5.57. The minimum Gasteiger partial charge on any atom is -0.452 e. The minimum absolute atomic E-state index is 0.167. The highest BCUT2D eigenvalue weighted by Gasteiger charge is 2.29. The number of nitrogens with zero attached hydrogens (tertiary/aromatic N) is 1. The molecule has 0 spiro atoms. The lowest BCUT2D eigenvalue weighted by molar-refractivity contribution is -0.119. The van der Waals surface area contributed by atoms with Crippen LogP contribution in [-0.4, -0.2) is 50.1 Å². The second-order valence-electron chi connectivity index (χ2n) is 7.37. The van der Waals surface area contributed by atoms with Gasteiger partial charge in [0, 0.05) is 24.3 Å². The topological polar surface area (TPSA) is 110 Å². The van der Waals surface area contributed by atoms with Crippen LogP contribution in [0, 0.1) is 5.82 Å². The summed E-state index contributed by atoms with van der Waals surface area (Å²) in [6.45, 7) is 1.34. The number of Topliss-reactive ketones (excluding diaryl/α,β-unsaturated/α-hetero) is 1. The molecular weight excluding hydrogens is 439 g/mol. The Morgan fingerprint density at radius 2 is 1.75 bits per heavy atom. The SMILES string of the molecule is CC(=O)c1cccc(NC(=O)COC(=O)c2ccc(F)c(S(=O)(=O)N3CCCCC3)c2)c1. The Balaban J connectivity index is 1.66. The number of halogens is 1. The third-order valence-corrected chi connectivity index (χ3v) is 6.90. The molecule has 0 atom stereocenters. The van der Waals surface area contributed by atoms with Crippen molar-refractivity contribution in [1.29, 1.82) is 0 Å².